The van der Waals surface area contributed by atoms with Gasteiger partial charge in [0, 0.05) is 0 Å². The summed E-state index contributed by atoms with van der Waals surface area (Å²) in [7, 11) is 0. The molecule has 110 valence electrons. The van der Waals surface area contributed by atoms with E-state index in [1.165, 1.54) is 11.8 Å². The summed E-state index contributed by atoms with van der Waals surface area (Å²) >= 11 is 0. The van der Waals surface area contributed by atoms with Crippen LogP contribution in [-0.2, 0) is 14.2 Å². The van der Waals surface area contributed by atoms with Gasteiger partial charge in [-0.1, -0.05) is 26.5 Å². The molecule has 0 radical (unpaired) electrons. The average molecular weight is 268 g/mol. The zero-order chi connectivity index (χ0) is 14.4. The molecule has 0 saturated heterocycles. The second-order valence-electron chi connectivity index (χ2n) is 5.59. The molecule has 3 heteroatoms. The molecular weight excluding hydrogens is 240 g/mol. The van der Waals surface area contributed by atoms with E-state index in [0.29, 0.717) is 18.4 Å². The minimum atomic E-state index is -0.225. The highest BCUT2D eigenvalue weighted by Gasteiger charge is 2.29. The van der Waals surface area contributed by atoms with Crippen LogP contribution >= 0.6 is 0 Å². The summed E-state index contributed by atoms with van der Waals surface area (Å²) in [5.41, 5.74) is 1.32. The third-order valence-corrected chi connectivity index (χ3v) is 3.87. The van der Waals surface area contributed by atoms with Crippen LogP contribution in [0.1, 0.15) is 41.0 Å². The van der Waals surface area contributed by atoms with Crippen molar-refractivity contribution < 1.29 is 14.2 Å². The standard InChI is InChI=1S/C16H28O3/c1-7-17-13(4)10-18-15(6)19-16-12(3)9-8-11(2)14(16)5/h7,9,11,13-16H,1,8,10H2,2-6H3. The molecule has 5 atom stereocenters. The van der Waals surface area contributed by atoms with Crippen LogP contribution in [0.15, 0.2) is 24.5 Å². The third-order valence-electron chi connectivity index (χ3n) is 3.87. The van der Waals surface area contributed by atoms with Crippen LogP contribution in [0.3, 0.4) is 0 Å². The van der Waals surface area contributed by atoms with Crippen molar-refractivity contribution in [2.24, 2.45) is 11.8 Å². The third kappa shape index (κ3) is 5.00. The Labute approximate surface area is 117 Å². The lowest BCUT2D eigenvalue weighted by atomic mass is 9.80. The predicted molar refractivity (Wildman–Crippen MR) is 77.7 cm³/mol. The maximum atomic E-state index is 6.04. The van der Waals surface area contributed by atoms with Gasteiger partial charge in [0.25, 0.3) is 0 Å². The van der Waals surface area contributed by atoms with Gasteiger partial charge in [-0.2, -0.15) is 0 Å². The molecule has 0 amide bonds. The average Bonchev–Trinajstić information content (AvgIpc) is 2.37. The van der Waals surface area contributed by atoms with Crippen molar-refractivity contribution in [2.75, 3.05) is 6.61 Å². The van der Waals surface area contributed by atoms with Crippen molar-refractivity contribution in [1.82, 2.24) is 0 Å². The summed E-state index contributed by atoms with van der Waals surface area (Å²) in [5.74, 6) is 1.18. The first-order valence-electron chi connectivity index (χ1n) is 7.15. The second kappa shape index (κ2) is 7.71. The topological polar surface area (TPSA) is 27.7 Å². The maximum absolute atomic E-state index is 6.04. The Morgan fingerprint density at radius 2 is 2.11 bits per heavy atom. The zero-order valence-electron chi connectivity index (χ0n) is 12.9. The van der Waals surface area contributed by atoms with E-state index in [-0.39, 0.29) is 18.5 Å². The Morgan fingerprint density at radius 1 is 1.42 bits per heavy atom. The molecule has 0 saturated carbocycles. The molecule has 19 heavy (non-hydrogen) atoms. The van der Waals surface area contributed by atoms with E-state index in [2.05, 4.69) is 33.4 Å². The molecule has 0 aromatic rings. The molecule has 0 N–H and O–H groups in total. The molecule has 1 aliphatic carbocycles. The largest absolute Gasteiger partial charge is 0.497 e. The first kappa shape index (κ1) is 16.3. The summed E-state index contributed by atoms with van der Waals surface area (Å²) in [6, 6.07) is 0. The molecule has 0 aliphatic heterocycles. The second-order valence-corrected chi connectivity index (χ2v) is 5.59. The SMILES string of the molecule is C=COC(C)COC(C)OC1C(C)=CCC(C)C1C. The van der Waals surface area contributed by atoms with Crippen molar-refractivity contribution in [3.05, 3.63) is 24.5 Å². The Kier molecular flexibility index (Phi) is 6.59. The molecule has 1 aliphatic rings. The Bertz CT molecular complexity index is 311. The van der Waals surface area contributed by atoms with Gasteiger partial charge >= 0.3 is 0 Å². The Morgan fingerprint density at radius 3 is 2.74 bits per heavy atom. The summed E-state index contributed by atoms with van der Waals surface area (Å²) < 4.78 is 16.9. The van der Waals surface area contributed by atoms with Gasteiger partial charge in [-0.3, -0.25) is 0 Å². The first-order valence-corrected chi connectivity index (χ1v) is 7.15. The Hall–Kier alpha value is -0.800. The van der Waals surface area contributed by atoms with E-state index >= 15 is 0 Å². The van der Waals surface area contributed by atoms with Crippen LogP contribution in [0.4, 0.5) is 0 Å². The highest BCUT2D eigenvalue weighted by molar-refractivity contribution is 5.11. The molecule has 0 spiro atoms. The van der Waals surface area contributed by atoms with E-state index in [1.54, 1.807) is 0 Å². The maximum Gasteiger partial charge on any atom is 0.155 e. The van der Waals surface area contributed by atoms with Crippen LogP contribution < -0.4 is 0 Å². The van der Waals surface area contributed by atoms with Crippen molar-refractivity contribution in [3.63, 3.8) is 0 Å². The fourth-order valence-corrected chi connectivity index (χ4v) is 2.37. The number of ether oxygens (including phenoxy) is 3. The normalized spacial score (nSPS) is 30.4. The molecule has 0 aromatic heterocycles. The molecule has 3 nitrogen and oxygen atoms in total. The highest BCUT2D eigenvalue weighted by Crippen LogP contribution is 2.32. The minimum absolute atomic E-state index is 0.00268. The van der Waals surface area contributed by atoms with Crippen molar-refractivity contribution in [3.8, 4) is 0 Å². The minimum Gasteiger partial charge on any atom is -0.497 e. The fraction of sp³-hybridized carbons (Fsp3) is 0.750. The summed E-state index contributed by atoms with van der Waals surface area (Å²) in [6.45, 7) is 14.6. The molecule has 1 rings (SSSR count). The first-order chi connectivity index (χ1) is 8.95. The van der Waals surface area contributed by atoms with E-state index in [4.69, 9.17) is 14.2 Å². The molecular formula is C16H28O3. The van der Waals surface area contributed by atoms with Gasteiger partial charge in [-0.05, 0) is 44.6 Å². The summed E-state index contributed by atoms with van der Waals surface area (Å²) in [4.78, 5) is 0. The van der Waals surface area contributed by atoms with E-state index in [9.17, 15) is 0 Å². The van der Waals surface area contributed by atoms with Gasteiger partial charge in [-0.25, -0.2) is 0 Å². The zero-order valence-corrected chi connectivity index (χ0v) is 12.9. The lowest BCUT2D eigenvalue weighted by Gasteiger charge is -2.35. The summed E-state index contributed by atoms with van der Waals surface area (Å²) in [5, 5.41) is 0. The molecule has 0 fully saturated rings. The quantitative estimate of drug-likeness (QED) is 0.398. The van der Waals surface area contributed by atoms with E-state index < -0.39 is 0 Å². The fourth-order valence-electron chi connectivity index (χ4n) is 2.37. The monoisotopic (exact) mass is 268 g/mol. The van der Waals surface area contributed by atoms with Crippen molar-refractivity contribution in [2.45, 2.75) is 59.5 Å². The molecule has 0 heterocycles. The van der Waals surface area contributed by atoms with Crippen molar-refractivity contribution in [1.29, 1.82) is 0 Å². The number of rotatable bonds is 7. The summed E-state index contributed by atoms with van der Waals surface area (Å²) in [6.07, 6.45) is 4.81. The Balaban J connectivity index is 2.42. The van der Waals surface area contributed by atoms with Gasteiger partial charge in [0.1, 0.15) is 6.10 Å². The van der Waals surface area contributed by atoms with Crippen molar-refractivity contribution >= 4 is 0 Å². The van der Waals surface area contributed by atoms with Gasteiger partial charge in [0.05, 0.1) is 19.0 Å². The van der Waals surface area contributed by atoms with E-state index in [1.807, 2.05) is 13.8 Å². The number of hydrogen-bond donors (Lipinski definition) is 0. The van der Waals surface area contributed by atoms with Gasteiger partial charge in [0.15, 0.2) is 6.29 Å². The predicted octanol–water partition coefficient (Wildman–Crippen LogP) is 3.91. The van der Waals surface area contributed by atoms with Gasteiger partial charge < -0.3 is 14.2 Å². The smallest absolute Gasteiger partial charge is 0.155 e. The van der Waals surface area contributed by atoms with Crippen LogP contribution in [0.5, 0.6) is 0 Å². The van der Waals surface area contributed by atoms with E-state index in [0.717, 1.165) is 6.42 Å². The van der Waals surface area contributed by atoms with Crippen LogP contribution in [0, 0.1) is 11.8 Å². The highest BCUT2D eigenvalue weighted by atomic mass is 16.7. The lowest BCUT2D eigenvalue weighted by Crippen LogP contribution is -2.35. The van der Waals surface area contributed by atoms with Crippen LogP contribution in [0.25, 0.3) is 0 Å². The van der Waals surface area contributed by atoms with Crippen LogP contribution in [-0.4, -0.2) is 25.1 Å². The molecule has 5 unspecified atom stereocenters. The molecule has 0 bridgehead atoms. The number of allylic oxidation sites excluding steroid dienone is 1. The van der Waals surface area contributed by atoms with Gasteiger partial charge in [0.2, 0.25) is 0 Å². The van der Waals surface area contributed by atoms with Crippen LogP contribution in [0.2, 0.25) is 0 Å². The lowest BCUT2D eigenvalue weighted by molar-refractivity contribution is -0.176. The van der Waals surface area contributed by atoms with Gasteiger partial charge in [-0.15, -0.1) is 0 Å². The molecule has 0 aromatic carbocycles. The number of hydrogen-bond acceptors (Lipinski definition) is 3.